The van der Waals surface area contributed by atoms with Crippen LogP contribution in [0.25, 0.3) is 0 Å². The molecule has 1 aromatic rings. The zero-order chi connectivity index (χ0) is 8.97. The van der Waals surface area contributed by atoms with Gasteiger partial charge >= 0.3 is 0 Å². The van der Waals surface area contributed by atoms with Crippen molar-refractivity contribution in [1.29, 1.82) is 0 Å². The lowest BCUT2D eigenvalue weighted by Crippen LogP contribution is -2.09. The van der Waals surface area contributed by atoms with Crippen LogP contribution < -0.4 is 10.2 Å². The van der Waals surface area contributed by atoms with Crippen molar-refractivity contribution in [3.63, 3.8) is 0 Å². The normalized spacial score (nSPS) is 9.58. The first kappa shape index (κ1) is 8.84. The summed E-state index contributed by atoms with van der Waals surface area (Å²) >= 11 is 0. The van der Waals surface area contributed by atoms with Gasteiger partial charge in [0.2, 0.25) is 0 Å². The first-order valence-corrected chi connectivity index (χ1v) is 4.11. The molecular formula is C9H15N3. The molecule has 0 saturated heterocycles. The van der Waals surface area contributed by atoms with Gasteiger partial charge in [-0.1, -0.05) is 0 Å². The van der Waals surface area contributed by atoms with E-state index in [1.807, 2.05) is 32.4 Å². The molecule has 1 rings (SSSR count). The molecule has 0 bridgehead atoms. The van der Waals surface area contributed by atoms with E-state index in [1.54, 1.807) is 0 Å². The maximum absolute atomic E-state index is 4.17. The molecule has 1 heterocycles. The molecule has 66 valence electrons. The molecule has 0 aliphatic carbocycles. The van der Waals surface area contributed by atoms with E-state index in [9.17, 15) is 0 Å². The maximum atomic E-state index is 4.17. The van der Waals surface area contributed by atoms with Gasteiger partial charge in [-0.05, 0) is 13.0 Å². The molecule has 12 heavy (non-hydrogen) atoms. The summed E-state index contributed by atoms with van der Waals surface area (Å²) in [5, 5.41) is 3.16. The number of pyridine rings is 1. The first-order chi connectivity index (χ1) is 5.74. The number of hydrogen-bond donors (Lipinski definition) is 1. The average Bonchev–Trinajstić information content (AvgIpc) is 2.05. The molecule has 1 N–H and O–H groups in total. The van der Waals surface area contributed by atoms with Crippen LogP contribution in [-0.4, -0.2) is 25.6 Å². The maximum Gasteiger partial charge on any atom is 0.127 e. The monoisotopic (exact) mass is 165 g/mol. The van der Waals surface area contributed by atoms with Crippen molar-refractivity contribution in [2.45, 2.75) is 6.92 Å². The fourth-order valence-corrected chi connectivity index (χ4v) is 0.975. The largest absolute Gasteiger partial charge is 0.378 e. The Morgan fingerprint density at radius 1 is 1.50 bits per heavy atom. The Balaban J connectivity index is 2.81. The molecule has 0 radical (unpaired) electrons. The molecular weight excluding hydrogens is 150 g/mol. The Bertz CT molecular complexity index is 245. The van der Waals surface area contributed by atoms with Gasteiger partial charge in [0.05, 0.1) is 0 Å². The van der Waals surface area contributed by atoms with Gasteiger partial charge in [-0.25, -0.2) is 4.98 Å². The molecule has 1 aromatic heterocycles. The van der Waals surface area contributed by atoms with Gasteiger partial charge in [0.15, 0.2) is 0 Å². The van der Waals surface area contributed by atoms with Crippen molar-refractivity contribution in [2.75, 3.05) is 30.9 Å². The van der Waals surface area contributed by atoms with E-state index in [2.05, 4.69) is 22.1 Å². The molecule has 0 fully saturated rings. The SMILES string of the molecule is CCNc1cc(N(C)C)ccn1. The van der Waals surface area contributed by atoms with Crippen LogP contribution in [0.5, 0.6) is 0 Å². The molecule has 0 saturated carbocycles. The van der Waals surface area contributed by atoms with Crippen LogP contribution >= 0.6 is 0 Å². The second-order valence-electron chi connectivity index (χ2n) is 2.82. The van der Waals surface area contributed by atoms with Crippen molar-refractivity contribution in [2.24, 2.45) is 0 Å². The second kappa shape index (κ2) is 3.95. The van der Waals surface area contributed by atoms with Crippen LogP contribution in [0.4, 0.5) is 11.5 Å². The van der Waals surface area contributed by atoms with Crippen molar-refractivity contribution in [1.82, 2.24) is 4.98 Å². The highest BCUT2D eigenvalue weighted by Crippen LogP contribution is 2.13. The highest BCUT2D eigenvalue weighted by molar-refractivity contribution is 5.52. The molecule has 0 aromatic carbocycles. The van der Waals surface area contributed by atoms with Crippen LogP contribution in [-0.2, 0) is 0 Å². The molecule has 0 aliphatic heterocycles. The Morgan fingerprint density at radius 3 is 2.83 bits per heavy atom. The van der Waals surface area contributed by atoms with Crippen LogP contribution in [0, 0.1) is 0 Å². The minimum atomic E-state index is 0.907. The highest BCUT2D eigenvalue weighted by atomic mass is 15.1. The van der Waals surface area contributed by atoms with Gasteiger partial charge in [-0.15, -0.1) is 0 Å². The zero-order valence-electron chi connectivity index (χ0n) is 7.83. The summed E-state index contributed by atoms with van der Waals surface area (Å²) in [4.78, 5) is 6.23. The topological polar surface area (TPSA) is 28.2 Å². The number of nitrogens with zero attached hydrogens (tertiary/aromatic N) is 2. The minimum absolute atomic E-state index is 0.907. The van der Waals surface area contributed by atoms with Crippen molar-refractivity contribution < 1.29 is 0 Å². The first-order valence-electron chi connectivity index (χ1n) is 4.11. The number of rotatable bonds is 3. The second-order valence-corrected chi connectivity index (χ2v) is 2.82. The van der Waals surface area contributed by atoms with Crippen LogP contribution in [0.1, 0.15) is 6.92 Å². The van der Waals surface area contributed by atoms with E-state index in [0.717, 1.165) is 12.4 Å². The van der Waals surface area contributed by atoms with Gasteiger partial charge in [-0.3, -0.25) is 0 Å². The van der Waals surface area contributed by atoms with E-state index >= 15 is 0 Å². The Labute approximate surface area is 73.4 Å². The Kier molecular flexibility index (Phi) is 2.91. The minimum Gasteiger partial charge on any atom is -0.378 e. The quantitative estimate of drug-likeness (QED) is 0.737. The fourth-order valence-electron chi connectivity index (χ4n) is 0.975. The molecule has 0 atom stereocenters. The Morgan fingerprint density at radius 2 is 2.25 bits per heavy atom. The third kappa shape index (κ3) is 2.12. The molecule has 3 nitrogen and oxygen atoms in total. The highest BCUT2D eigenvalue weighted by Gasteiger charge is 1.96. The number of anilines is 2. The number of hydrogen-bond acceptors (Lipinski definition) is 3. The van der Waals surface area contributed by atoms with Crippen LogP contribution in [0.3, 0.4) is 0 Å². The molecule has 0 unspecified atom stereocenters. The third-order valence-corrected chi connectivity index (χ3v) is 1.62. The molecule has 0 spiro atoms. The van der Waals surface area contributed by atoms with Crippen molar-refractivity contribution in [3.05, 3.63) is 18.3 Å². The van der Waals surface area contributed by atoms with Gasteiger partial charge in [-0.2, -0.15) is 0 Å². The van der Waals surface area contributed by atoms with E-state index < -0.39 is 0 Å². The number of aromatic nitrogens is 1. The van der Waals surface area contributed by atoms with E-state index in [1.165, 1.54) is 5.69 Å². The summed E-state index contributed by atoms with van der Waals surface area (Å²) in [5.41, 5.74) is 1.17. The van der Waals surface area contributed by atoms with Gasteiger partial charge in [0, 0.05) is 38.6 Å². The smallest absolute Gasteiger partial charge is 0.127 e. The predicted octanol–water partition coefficient (Wildman–Crippen LogP) is 1.58. The average molecular weight is 165 g/mol. The summed E-state index contributed by atoms with van der Waals surface area (Å²) < 4.78 is 0. The third-order valence-electron chi connectivity index (χ3n) is 1.62. The van der Waals surface area contributed by atoms with Crippen LogP contribution in [0.2, 0.25) is 0 Å². The lowest BCUT2D eigenvalue weighted by Gasteiger charge is -2.12. The number of nitrogens with one attached hydrogen (secondary N) is 1. The van der Waals surface area contributed by atoms with Crippen molar-refractivity contribution in [3.8, 4) is 0 Å². The van der Waals surface area contributed by atoms with Crippen LogP contribution in [0.15, 0.2) is 18.3 Å². The summed E-state index contributed by atoms with van der Waals surface area (Å²) in [6, 6.07) is 4.02. The van der Waals surface area contributed by atoms with Gasteiger partial charge in [0.1, 0.15) is 5.82 Å². The standard InChI is InChI=1S/C9H15N3/c1-4-10-9-7-8(12(2)3)5-6-11-9/h5-7H,4H2,1-3H3,(H,10,11). The summed E-state index contributed by atoms with van der Waals surface area (Å²) in [6.07, 6.45) is 1.81. The zero-order valence-corrected chi connectivity index (χ0v) is 7.83. The lowest BCUT2D eigenvalue weighted by molar-refractivity contribution is 1.10. The van der Waals surface area contributed by atoms with E-state index in [-0.39, 0.29) is 0 Å². The fraction of sp³-hybridized carbons (Fsp3) is 0.444. The summed E-state index contributed by atoms with van der Waals surface area (Å²) in [5.74, 6) is 0.934. The van der Waals surface area contributed by atoms with Crippen molar-refractivity contribution >= 4 is 11.5 Å². The predicted molar refractivity (Wildman–Crippen MR) is 52.7 cm³/mol. The molecule has 3 heteroatoms. The van der Waals surface area contributed by atoms with E-state index in [4.69, 9.17) is 0 Å². The summed E-state index contributed by atoms with van der Waals surface area (Å²) in [6.45, 7) is 2.97. The lowest BCUT2D eigenvalue weighted by atomic mass is 10.3. The van der Waals surface area contributed by atoms with Gasteiger partial charge in [0.25, 0.3) is 0 Å². The van der Waals surface area contributed by atoms with E-state index in [0.29, 0.717) is 0 Å². The Hall–Kier alpha value is -1.25. The summed E-state index contributed by atoms with van der Waals surface area (Å²) in [7, 11) is 4.04. The van der Waals surface area contributed by atoms with Gasteiger partial charge < -0.3 is 10.2 Å². The molecule has 0 aliphatic rings. The molecule has 0 amide bonds.